The monoisotopic (exact) mass is 232 g/mol. The third kappa shape index (κ3) is 2.02. The van der Waals surface area contributed by atoms with E-state index in [9.17, 15) is 9.59 Å². The number of hydrogen-bond donors (Lipinski definition) is 2. The van der Waals surface area contributed by atoms with E-state index in [1.807, 2.05) is 30.3 Å². The molecule has 1 atom stereocenters. The van der Waals surface area contributed by atoms with Gasteiger partial charge in [-0.25, -0.2) is 4.79 Å². The van der Waals surface area contributed by atoms with E-state index in [4.69, 9.17) is 0 Å². The molecule has 4 heteroatoms. The van der Waals surface area contributed by atoms with Crippen molar-refractivity contribution >= 4 is 11.9 Å². The summed E-state index contributed by atoms with van der Waals surface area (Å²) in [5, 5.41) is 5.09. The van der Waals surface area contributed by atoms with Gasteiger partial charge < -0.3 is 5.32 Å². The predicted octanol–water partition coefficient (Wildman–Crippen LogP) is 1.91. The molecule has 1 aliphatic rings. The fourth-order valence-electron chi connectivity index (χ4n) is 2.18. The third-order valence-corrected chi connectivity index (χ3v) is 3.11. The number of nitrogens with one attached hydrogen (secondary N) is 2. The van der Waals surface area contributed by atoms with Crippen molar-refractivity contribution < 1.29 is 9.59 Å². The van der Waals surface area contributed by atoms with Gasteiger partial charge in [-0.1, -0.05) is 50.1 Å². The van der Waals surface area contributed by atoms with Gasteiger partial charge in [-0.2, -0.15) is 0 Å². The number of carbonyl (C=O) groups excluding carboxylic acids is 2. The van der Waals surface area contributed by atoms with Gasteiger partial charge in [0, 0.05) is 0 Å². The molecule has 1 fully saturated rings. The molecular weight excluding hydrogens is 216 g/mol. The second-order valence-corrected chi connectivity index (χ2v) is 4.28. The van der Waals surface area contributed by atoms with Crippen molar-refractivity contribution in [3.05, 3.63) is 35.9 Å². The molecule has 1 saturated heterocycles. The number of hydrogen-bond acceptors (Lipinski definition) is 2. The van der Waals surface area contributed by atoms with Crippen molar-refractivity contribution in [1.29, 1.82) is 0 Å². The van der Waals surface area contributed by atoms with Gasteiger partial charge in [-0.3, -0.25) is 10.1 Å². The molecule has 0 radical (unpaired) electrons. The summed E-state index contributed by atoms with van der Waals surface area (Å²) in [6, 6.07) is 8.99. The molecular formula is C13H16N2O2. The summed E-state index contributed by atoms with van der Waals surface area (Å²) in [4.78, 5) is 23.4. The second-order valence-electron chi connectivity index (χ2n) is 4.28. The lowest BCUT2D eigenvalue weighted by Crippen LogP contribution is -2.43. The first-order chi connectivity index (χ1) is 8.19. The molecule has 2 N–H and O–H groups in total. The molecule has 0 aliphatic carbocycles. The molecule has 0 spiro atoms. The van der Waals surface area contributed by atoms with Crippen LogP contribution in [0.5, 0.6) is 0 Å². The minimum absolute atomic E-state index is 0.248. The molecule has 2 rings (SSSR count). The summed E-state index contributed by atoms with van der Waals surface area (Å²) in [5.41, 5.74) is -0.0363. The predicted molar refractivity (Wildman–Crippen MR) is 64.3 cm³/mol. The number of imide groups is 1. The highest BCUT2D eigenvalue weighted by Crippen LogP contribution is 2.30. The van der Waals surface area contributed by atoms with E-state index in [1.165, 1.54) is 0 Å². The largest absolute Gasteiger partial charge is 0.322 e. The fourth-order valence-corrected chi connectivity index (χ4v) is 2.18. The Morgan fingerprint density at radius 1 is 1.18 bits per heavy atom. The maximum atomic E-state index is 12.0. The Balaban J connectivity index is 2.37. The van der Waals surface area contributed by atoms with Crippen LogP contribution in [0.1, 0.15) is 31.7 Å². The molecule has 1 aliphatic heterocycles. The molecule has 0 bridgehead atoms. The quantitative estimate of drug-likeness (QED) is 0.779. The average Bonchev–Trinajstić information content (AvgIpc) is 2.64. The van der Waals surface area contributed by atoms with Gasteiger partial charge in [0.1, 0.15) is 5.54 Å². The van der Waals surface area contributed by atoms with Crippen LogP contribution in [0.3, 0.4) is 0 Å². The zero-order valence-corrected chi connectivity index (χ0v) is 9.82. The van der Waals surface area contributed by atoms with Crippen molar-refractivity contribution in [3.63, 3.8) is 0 Å². The van der Waals surface area contributed by atoms with Crippen LogP contribution >= 0.6 is 0 Å². The van der Waals surface area contributed by atoms with Crippen LogP contribution in [0.15, 0.2) is 30.3 Å². The van der Waals surface area contributed by atoms with Crippen LogP contribution < -0.4 is 10.6 Å². The number of benzene rings is 1. The van der Waals surface area contributed by atoms with Crippen LogP contribution in [0.25, 0.3) is 0 Å². The minimum atomic E-state index is -0.881. The Bertz CT molecular complexity index is 430. The summed E-state index contributed by atoms with van der Waals surface area (Å²) in [7, 11) is 0. The summed E-state index contributed by atoms with van der Waals surface area (Å²) >= 11 is 0. The van der Waals surface area contributed by atoms with Gasteiger partial charge in [0.05, 0.1) is 0 Å². The zero-order valence-electron chi connectivity index (χ0n) is 9.82. The van der Waals surface area contributed by atoms with Gasteiger partial charge in [-0.05, 0) is 12.0 Å². The van der Waals surface area contributed by atoms with Gasteiger partial charge in [0.2, 0.25) is 0 Å². The lowest BCUT2D eigenvalue weighted by atomic mass is 9.85. The Morgan fingerprint density at radius 3 is 2.41 bits per heavy atom. The van der Waals surface area contributed by atoms with Gasteiger partial charge >= 0.3 is 6.03 Å². The number of amides is 3. The summed E-state index contributed by atoms with van der Waals surface area (Å²) in [6.07, 6.45) is 2.51. The Hall–Kier alpha value is -1.84. The van der Waals surface area contributed by atoms with E-state index in [-0.39, 0.29) is 5.91 Å². The van der Waals surface area contributed by atoms with Crippen LogP contribution in [-0.2, 0) is 10.3 Å². The molecule has 1 aromatic rings. The van der Waals surface area contributed by atoms with Crippen LogP contribution in [0.2, 0.25) is 0 Å². The highest BCUT2D eigenvalue weighted by molar-refractivity contribution is 6.07. The number of urea groups is 1. The highest BCUT2D eigenvalue weighted by atomic mass is 16.2. The lowest BCUT2D eigenvalue weighted by molar-refractivity contribution is -0.124. The molecule has 4 nitrogen and oxygen atoms in total. The molecule has 1 aromatic carbocycles. The van der Waals surface area contributed by atoms with E-state index in [0.29, 0.717) is 6.42 Å². The fraction of sp³-hybridized carbons (Fsp3) is 0.385. The second kappa shape index (κ2) is 4.57. The van der Waals surface area contributed by atoms with Crippen LogP contribution in [-0.4, -0.2) is 11.9 Å². The highest BCUT2D eigenvalue weighted by Gasteiger charge is 2.46. The van der Waals surface area contributed by atoms with E-state index in [1.54, 1.807) is 0 Å². The normalized spacial score (nSPS) is 23.4. The van der Waals surface area contributed by atoms with Crippen LogP contribution in [0.4, 0.5) is 4.79 Å². The molecule has 3 amide bonds. The minimum Gasteiger partial charge on any atom is -0.319 e. The van der Waals surface area contributed by atoms with Crippen molar-refractivity contribution in [2.24, 2.45) is 0 Å². The maximum Gasteiger partial charge on any atom is 0.322 e. The standard InChI is InChI=1S/C13H16N2O2/c1-2-3-9-13(10-7-5-4-6-8-10)11(16)14-12(17)15-13/h4-8H,2-3,9H2,1H3,(H2,14,15,16,17)/t13-/m1/s1. The SMILES string of the molecule is CCCC[C@]1(c2ccccc2)NC(=O)NC1=O. The maximum absolute atomic E-state index is 12.0. The van der Waals surface area contributed by atoms with E-state index < -0.39 is 11.6 Å². The summed E-state index contributed by atoms with van der Waals surface area (Å²) in [5.74, 6) is -0.248. The zero-order chi connectivity index (χ0) is 12.3. The Kier molecular flexibility index (Phi) is 3.13. The molecule has 0 saturated carbocycles. The third-order valence-electron chi connectivity index (χ3n) is 3.11. The van der Waals surface area contributed by atoms with E-state index in [2.05, 4.69) is 17.6 Å². The smallest absolute Gasteiger partial charge is 0.319 e. The number of carbonyl (C=O) groups is 2. The topological polar surface area (TPSA) is 58.2 Å². The lowest BCUT2D eigenvalue weighted by Gasteiger charge is -2.26. The van der Waals surface area contributed by atoms with Crippen molar-refractivity contribution in [3.8, 4) is 0 Å². The summed E-state index contributed by atoms with van der Waals surface area (Å²) < 4.78 is 0. The van der Waals surface area contributed by atoms with Gasteiger partial charge in [0.25, 0.3) is 5.91 Å². The average molecular weight is 232 g/mol. The van der Waals surface area contributed by atoms with Crippen molar-refractivity contribution in [2.75, 3.05) is 0 Å². The Morgan fingerprint density at radius 2 is 1.88 bits per heavy atom. The first kappa shape index (κ1) is 11.6. The van der Waals surface area contributed by atoms with Crippen molar-refractivity contribution in [1.82, 2.24) is 10.6 Å². The molecule has 1 heterocycles. The molecule has 17 heavy (non-hydrogen) atoms. The first-order valence-corrected chi connectivity index (χ1v) is 5.88. The number of unbranched alkanes of at least 4 members (excludes halogenated alkanes) is 1. The van der Waals surface area contributed by atoms with Crippen molar-refractivity contribution in [2.45, 2.75) is 31.7 Å². The Labute approximate surface area is 100 Å². The molecule has 0 aromatic heterocycles. The van der Waals surface area contributed by atoms with E-state index >= 15 is 0 Å². The number of rotatable bonds is 4. The molecule has 90 valence electrons. The van der Waals surface area contributed by atoms with Gasteiger partial charge in [-0.15, -0.1) is 0 Å². The molecule has 0 unspecified atom stereocenters. The van der Waals surface area contributed by atoms with Crippen LogP contribution in [0, 0.1) is 0 Å². The first-order valence-electron chi connectivity index (χ1n) is 5.88. The van der Waals surface area contributed by atoms with Gasteiger partial charge in [0.15, 0.2) is 0 Å². The van der Waals surface area contributed by atoms with E-state index in [0.717, 1.165) is 18.4 Å². The summed E-state index contributed by atoms with van der Waals surface area (Å²) in [6.45, 7) is 2.06.